The van der Waals surface area contributed by atoms with Crippen molar-refractivity contribution in [3.8, 4) is 0 Å². The number of nitrogens with zero attached hydrogens (tertiary/aromatic N) is 2. The molecule has 0 aliphatic carbocycles. The molecule has 0 aromatic heterocycles. The monoisotopic (exact) mass is 227 g/mol. The molecule has 0 aromatic carbocycles. The molecule has 1 amide bonds. The van der Waals surface area contributed by atoms with Gasteiger partial charge in [0, 0.05) is 26.2 Å². The Morgan fingerprint density at radius 1 is 1.44 bits per heavy atom. The van der Waals surface area contributed by atoms with E-state index in [4.69, 9.17) is 10.5 Å². The number of hydrogen-bond acceptors (Lipinski definition) is 4. The van der Waals surface area contributed by atoms with Crippen LogP contribution < -0.4 is 5.73 Å². The number of rotatable bonds is 2. The lowest BCUT2D eigenvalue weighted by atomic mass is 10.1. The van der Waals surface area contributed by atoms with Crippen molar-refractivity contribution in [2.24, 2.45) is 11.7 Å². The zero-order valence-electron chi connectivity index (χ0n) is 9.89. The predicted octanol–water partition coefficient (Wildman–Crippen LogP) is -0.876. The Balaban J connectivity index is 1.89. The van der Waals surface area contributed by atoms with Gasteiger partial charge in [0.1, 0.15) is 0 Å². The van der Waals surface area contributed by atoms with E-state index in [0.29, 0.717) is 19.7 Å². The van der Waals surface area contributed by atoms with Gasteiger partial charge in [0.2, 0.25) is 5.91 Å². The third kappa shape index (κ3) is 2.53. The highest BCUT2D eigenvalue weighted by Crippen LogP contribution is 2.18. The minimum absolute atomic E-state index is 0.0248. The fourth-order valence-corrected chi connectivity index (χ4v) is 2.46. The Morgan fingerprint density at radius 3 is 2.88 bits per heavy atom. The summed E-state index contributed by atoms with van der Waals surface area (Å²) in [6.07, 6.45) is 1.01. The van der Waals surface area contributed by atoms with Crippen LogP contribution in [-0.4, -0.2) is 68.2 Å². The molecule has 0 aromatic rings. The third-order valence-electron chi connectivity index (χ3n) is 3.45. The van der Waals surface area contributed by atoms with E-state index in [-0.39, 0.29) is 17.9 Å². The molecule has 2 aliphatic rings. The number of nitrogens with two attached hydrogens (primary N) is 1. The Bertz CT molecular complexity index is 260. The quantitative estimate of drug-likeness (QED) is 0.666. The van der Waals surface area contributed by atoms with Gasteiger partial charge in [-0.15, -0.1) is 0 Å². The second-order valence-corrected chi connectivity index (χ2v) is 4.76. The molecule has 0 spiro atoms. The number of ether oxygens (including phenoxy) is 1. The fourth-order valence-electron chi connectivity index (χ4n) is 2.46. The van der Waals surface area contributed by atoms with E-state index in [2.05, 4.69) is 11.9 Å². The summed E-state index contributed by atoms with van der Waals surface area (Å²) in [5.74, 6) is 0.465. The molecule has 2 saturated heterocycles. The first-order valence-electron chi connectivity index (χ1n) is 5.99. The largest absolute Gasteiger partial charge is 0.373 e. The van der Waals surface area contributed by atoms with Crippen LogP contribution in [0.3, 0.4) is 0 Å². The number of likely N-dealkylation sites (tertiary alicyclic amines) is 1. The number of hydrogen-bond donors (Lipinski definition) is 1. The first-order chi connectivity index (χ1) is 7.70. The van der Waals surface area contributed by atoms with E-state index >= 15 is 0 Å². The Hall–Kier alpha value is -0.650. The van der Waals surface area contributed by atoms with Crippen molar-refractivity contribution < 1.29 is 9.53 Å². The first-order valence-corrected chi connectivity index (χ1v) is 5.99. The van der Waals surface area contributed by atoms with Crippen LogP contribution in [0.15, 0.2) is 0 Å². The van der Waals surface area contributed by atoms with Gasteiger partial charge in [0.15, 0.2) is 0 Å². The SMILES string of the molecule is CN1CCC(C(=O)N2CCOC(CN)C2)C1. The molecule has 2 N–H and O–H groups in total. The van der Waals surface area contributed by atoms with Gasteiger partial charge >= 0.3 is 0 Å². The summed E-state index contributed by atoms with van der Waals surface area (Å²) in [4.78, 5) is 16.3. The number of amides is 1. The van der Waals surface area contributed by atoms with Gasteiger partial charge < -0.3 is 20.3 Å². The summed E-state index contributed by atoms with van der Waals surface area (Å²) in [6.45, 7) is 4.42. The molecule has 0 saturated carbocycles. The minimum Gasteiger partial charge on any atom is -0.373 e. The number of morpholine rings is 1. The summed E-state index contributed by atoms with van der Waals surface area (Å²) >= 11 is 0. The minimum atomic E-state index is 0.0248. The molecule has 16 heavy (non-hydrogen) atoms. The summed E-state index contributed by atoms with van der Waals surface area (Å²) in [5, 5.41) is 0. The maximum atomic E-state index is 12.2. The van der Waals surface area contributed by atoms with E-state index in [9.17, 15) is 4.79 Å². The van der Waals surface area contributed by atoms with E-state index in [1.54, 1.807) is 0 Å². The average molecular weight is 227 g/mol. The topological polar surface area (TPSA) is 58.8 Å². The molecule has 5 nitrogen and oxygen atoms in total. The van der Waals surface area contributed by atoms with E-state index < -0.39 is 0 Å². The van der Waals surface area contributed by atoms with Gasteiger partial charge in [0.25, 0.3) is 0 Å². The second kappa shape index (κ2) is 5.12. The predicted molar refractivity (Wildman–Crippen MR) is 61.0 cm³/mol. The maximum Gasteiger partial charge on any atom is 0.227 e. The Morgan fingerprint density at radius 2 is 2.25 bits per heavy atom. The summed E-state index contributed by atoms with van der Waals surface area (Å²) in [7, 11) is 2.06. The van der Waals surface area contributed by atoms with Crippen molar-refractivity contribution in [1.29, 1.82) is 0 Å². The van der Waals surface area contributed by atoms with Crippen molar-refractivity contribution in [2.45, 2.75) is 12.5 Å². The van der Waals surface area contributed by atoms with E-state index in [1.807, 2.05) is 4.90 Å². The van der Waals surface area contributed by atoms with E-state index in [1.165, 1.54) is 0 Å². The van der Waals surface area contributed by atoms with Crippen molar-refractivity contribution in [2.75, 3.05) is 46.4 Å². The van der Waals surface area contributed by atoms with Crippen molar-refractivity contribution in [3.63, 3.8) is 0 Å². The average Bonchev–Trinajstić information content (AvgIpc) is 2.75. The third-order valence-corrected chi connectivity index (χ3v) is 3.45. The molecule has 2 heterocycles. The lowest BCUT2D eigenvalue weighted by molar-refractivity contribution is -0.142. The Kier molecular flexibility index (Phi) is 3.78. The van der Waals surface area contributed by atoms with Gasteiger partial charge in [0.05, 0.1) is 18.6 Å². The molecule has 2 aliphatic heterocycles. The molecule has 0 bridgehead atoms. The van der Waals surface area contributed by atoms with Gasteiger partial charge in [-0.25, -0.2) is 0 Å². The van der Waals surface area contributed by atoms with Crippen molar-refractivity contribution in [1.82, 2.24) is 9.80 Å². The summed E-state index contributed by atoms with van der Waals surface area (Å²) in [6, 6.07) is 0. The van der Waals surface area contributed by atoms with Crippen LogP contribution in [0, 0.1) is 5.92 Å². The second-order valence-electron chi connectivity index (χ2n) is 4.76. The molecule has 0 radical (unpaired) electrons. The summed E-state index contributed by atoms with van der Waals surface area (Å²) < 4.78 is 5.46. The van der Waals surface area contributed by atoms with E-state index in [0.717, 1.165) is 26.1 Å². The molecule has 5 heteroatoms. The van der Waals surface area contributed by atoms with Crippen LogP contribution in [0.1, 0.15) is 6.42 Å². The standard InChI is InChI=1S/C11H21N3O2/c1-13-3-2-9(7-13)11(15)14-4-5-16-10(6-12)8-14/h9-10H,2-8,12H2,1H3. The molecule has 2 unspecified atom stereocenters. The van der Waals surface area contributed by atoms with Crippen LogP contribution in [0.2, 0.25) is 0 Å². The molecule has 2 rings (SSSR count). The first kappa shape index (κ1) is 11.8. The fraction of sp³-hybridized carbons (Fsp3) is 0.909. The van der Waals surface area contributed by atoms with Gasteiger partial charge in [-0.1, -0.05) is 0 Å². The normalized spacial score (nSPS) is 32.0. The van der Waals surface area contributed by atoms with Crippen molar-refractivity contribution >= 4 is 5.91 Å². The van der Waals surface area contributed by atoms with Crippen LogP contribution in [0.5, 0.6) is 0 Å². The smallest absolute Gasteiger partial charge is 0.227 e. The zero-order chi connectivity index (χ0) is 11.5. The van der Waals surface area contributed by atoms with Crippen molar-refractivity contribution in [3.05, 3.63) is 0 Å². The number of carbonyl (C=O) groups excluding carboxylic acids is 1. The highest BCUT2D eigenvalue weighted by atomic mass is 16.5. The van der Waals surface area contributed by atoms with Gasteiger partial charge in [-0.05, 0) is 20.0 Å². The molecule has 2 fully saturated rings. The molecule has 2 atom stereocenters. The Labute approximate surface area is 96.5 Å². The van der Waals surface area contributed by atoms with Crippen LogP contribution in [0.25, 0.3) is 0 Å². The number of carbonyl (C=O) groups is 1. The maximum absolute atomic E-state index is 12.2. The van der Waals surface area contributed by atoms with Gasteiger partial charge in [-0.3, -0.25) is 4.79 Å². The molecular formula is C11H21N3O2. The van der Waals surface area contributed by atoms with Crippen LogP contribution >= 0.6 is 0 Å². The highest BCUT2D eigenvalue weighted by molar-refractivity contribution is 5.79. The van der Waals surface area contributed by atoms with Gasteiger partial charge in [-0.2, -0.15) is 0 Å². The molecular weight excluding hydrogens is 206 g/mol. The lowest BCUT2D eigenvalue weighted by Crippen LogP contribution is -2.50. The van der Waals surface area contributed by atoms with Crippen LogP contribution in [0.4, 0.5) is 0 Å². The highest BCUT2D eigenvalue weighted by Gasteiger charge is 2.32. The zero-order valence-corrected chi connectivity index (χ0v) is 9.89. The lowest BCUT2D eigenvalue weighted by Gasteiger charge is -2.33. The summed E-state index contributed by atoms with van der Waals surface area (Å²) in [5.41, 5.74) is 5.57. The van der Waals surface area contributed by atoms with Crippen LogP contribution in [-0.2, 0) is 9.53 Å². The molecule has 92 valence electrons.